The molecule has 0 amide bonds. The van der Waals surface area contributed by atoms with Gasteiger partial charge in [0.05, 0.1) is 5.58 Å². The second-order valence-corrected chi connectivity index (χ2v) is 11.9. The molecule has 44 heavy (non-hydrogen) atoms. The fraction of sp³-hybridized carbons (Fsp3) is 0.150. The summed E-state index contributed by atoms with van der Waals surface area (Å²) in [5.74, 6) is 0. The molecule has 3 aromatic heterocycles. The number of furan rings is 1. The number of pyridine rings is 2. The summed E-state index contributed by atoms with van der Waals surface area (Å²) >= 11 is 0. The molecule has 0 saturated carbocycles. The third-order valence-electron chi connectivity index (χ3n) is 7.25. The molecule has 3 nitrogen and oxygen atoms in total. The van der Waals surface area contributed by atoms with Crippen molar-refractivity contribution in [2.75, 3.05) is 0 Å². The molecule has 1 radical (unpaired) electrons. The van der Waals surface area contributed by atoms with E-state index < -0.39 is 0 Å². The Morgan fingerprint density at radius 1 is 0.636 bits per heavy atom. The Morgan fingerprint density at radius 2 is 1.39 bits per heavy atom. The largest absolute Gasteiger partial charge is 0.501 e. The SMILES string of the molecule is CC(C)(C)Cc1ccnc(-c2[c-]ccc3c2oc2ccccc23)c1.[Ir].[c-]1cccc(Cc2ccccc2)c1-c1ccccn1. The monoisotopic (exact) mass is 751 g/mol. The van der Waals surface area contributed by atoms with Crippen molar-refractivity contribution < 1.29 is 24.5 Å². The van der Waals surface area contributed by atoms with Crippen molar-refractivity contribution in [3.63, 3.8) is 0 Å². The molecule has 7 aromatic rings. The Hall–Kier alpha value is -4.37. The molecule has 0 aliphatic heterocycles. The predicted octanol–water partition coefficient (Wildman–Crippen LogP) is 10.2. The molecule has 4 aromatic carbocycles. The molecule has 0 aliphatic carbocycles. The second kappa shape index (κ2) is 13.9. The quantitative estimate of drug-likeness (QED) is 0.165. The van der Waals surface area contributed by atoms with Gasteiger partial charge in [-0.2, -0.15) is 0 Å². The van der Waals surface area contributed by atoms with E-state index in [1.165, 1.54) is 16.7 Å². The molecule has 221 valence electrons. The van der Waals surface area contributed by atoms with Gasteiger partial charge >= 0.3 is 0 Å². The predicted molar refractivity (Wildman–Crippen MR) is 177 cm³/mol. The van der Waals surface area contributed by atoms with Gasteiger partial charge in [0.15, 0.2) is 0 Å². The van der Waals surface area contributed by atoms with E-state index in [2.05, 4.69) is 97.5 Å². The maximum atomic E-state index is 6.11. The fourth-order valence-electron chi connectivity index (χ4n) is 5.40. The normalized spacial score (nSPS) is 11.1. The molecule has 4 heteroatoms. The minimum absolute atomic E-state index is 0. The van der Waals surface area contributed by atoms with Crippen molar-refractivity contribution in [2.45, 2.75) is 33.6 Å². The average Bonchev–Trinajstić information content (AvgIpc) is 3.41. The van der Waals surface area contributed by atoms with Crippen molar-refractivity contribution in [2.24, 2.45) is 5.41 Å². The van der Waals surface area contributed by atoms with Crippen LogP contribution in [-0.2, 0) is 32.9 Å². The van der Waals surface area contributed by atoms with Gasteiger partial charge in [0, 0.05) is 37.9 Å². The fourth-order valence-corrected chi connectivity index (χ4v) is 5.40. The summed E-state index contributed by atoms with van der Waals surface area (Å²) in [5, 5.41) is 2.25. The smallest absolute Gasteiger partial charge is 0.120 e. The standard InChI is InChI=1S/C22H20NO.C18H14N.Ir/c1-22(2,3)14-15-11-12-23-19(13-15)18-9-6-8-17-16-7-4-5-10-20(16)24-21(17)18;1-2-8-15(9-3-1)14-16-10-4-5-11-17(16)18-12-6-7-13-19-18;/h4-8,10-13H,14H2,1-3H3;1-10,12-13H,14H2;/q2*-1;. The van der Waals surface area contributed by atoms with E-state index in [9.17, 15) is 0 Å². The molecular formula is C40H34IrN2O-2. The van der Waals surface area contributed by atoms with Crippen LogP contribution in [0.5, 0.6) is 0 Å². The zero-order valence-corrected chi connectivity index (χ0v) is 27.6. The van der Waals surface area contributed by atoms with Crippen LogP contribution in [0.25, 0.3) is 44.5 Å². The average molecular weight is 751 g/mol. The maximum Gasteiger partial charge on any atom is 0.120 e. The number of benzene rings is 4. The Morgan fingerprint density at radius 3 is 2.18 bits per heavy atom. The van der Waals surface area contributed by atoms with Crippen LogP contribution in [0.4, 0.5) is 0 Å². The first-order valence-electron chi connectivity index (χ1n) is 14.7. The Balaban J connectivity index is 0.000000175. The van der Waals surface area contributed by atoms with Gasteiger partial charge in [-0.05, 0) is 47.8 Å². The number of fused-ring (bicyclic) bond motifs is 3. The minimum atomic E-state index is 0. The van der Waals surface area contributed by atoms with Gasteiger partial charge in [0.2, 0.25) is 0 Å². The van der Waals surface area contributed by atoms with Gasteiger partial charge in [0.25, 0.3) is 0 Å². The van der Waals surface area contributed by atoms with Crippen LogP contribution in [0.3, 0.4) is 0 Å². The molecule has 7 rings (SSSR count). The van der Waals surface area contributed by atoms with E-state index in [0.29, 0.717) is 0 Å². The van der Waals surface area contributed by atoms with E-state index in [0.717, 1.165) is 57.3 Å². The minimum Gasteiger partial charge on any atom is -0.501 e. The van der Waals surface area contributed by atoms with E-state index >= 15 is 0 Å². The summed E-state index contributed by atoms with van der Waals surface area (Å²) in [6.45, 7) is 6.75. The topological polar surface area (TPSA) is 38.9 Å². The zero-order chi connectivity index (χ0) is 29.6. The summed E-state index contributed by atoms with van der Waals surface area (Å²) in [4.78, 5) is 8.99. The number of nitrogens with zero attached hydrogens (tertiary/aromatic N) is 2. The molecule has 0 fully saturated rings. The van der Waals surface area contributed by atoms with Crippen molar-refractivity contribution in [3.05, 3.63) is 156 Å². The van der Waals surface area contributed by atoms with Crippen molar-refractivity contribution in [3.8, 4) is 22.5 Å². The molecule has 0 spiro atoms. The summed E-state index contributed by atoms with van der Waals surface area (Å²) < 4.78 is 6.11. The summed E-state index contributed by atoms with van der Waals surface area (Å²) in [6.07, 6.45) is 5.62. The molecule has 0 aliphatic rings. The third-order valence-corrected chi connectivity index (χ3v) is 7.25. The van der Waals surface area contributed by atoms with Crippen molar-refractivity contribution in [1.29, 1.82) is 0 Å². The van der Waals surface area contributed by atoms with Gasteiger partial charge in [0.1, 0.15) is 5.58 Å². The number of hydrogen-bond donors (Lipinski definition) is 0. The molecule has 0 bridgehead atoms. The van der Waals surface area contributed by atoms with E-state index in [1.807, 2.05) is 73.1 Å². The Labute approximate surface area is 273 Å². The van der Waals surface area contributed by atoms with Crippen LogP contribution in [0, 0.1) is 17.5 Å². The van der Waals surface area contributed by atoms with E-state index in [1.54, 1.807) is 0 Å². The van der Waals surface area contributed by atoms with Crippen LogP contribution in [-0.4, -0.2) is 9.97 Å². The van der Waals surface area contributed by atoms with E-state index in [-0.39, 0.29) is 25.5 Å². The molecule has 0 saturated heterocycles. The van der Waals surface area contributed by atoms with Crippen LogP contribution in [0.1, 0.15) is 37.5 Å². The van der Waals surface area contributed by atoms with Crippen LogP contribution in [0.2, 0.25) is 0 Å². The number of para-hydroxylation sites is 1. The number of rotatable bonds is 5. The van der Waals surface area contributed by atoms with Gasteiger partial charge < -0.3 is 14.4 Å². The van der Waals surface area contributed by atoms with Crippen molar-refractivity contribution >= 4 is 21.9 Å². The maximum absolute atomic E-state index is 6.11. The van der Waals surface area contributed by atoms with Gasteiger partial charge in [-0.1, -0.05) is 110 Å². The number of aromatic nitrogens is 2. The second-order valence-electron chi connectivity index (χ2n) is 11.9. The van der Waals surface area contributed by atoms with Crippen LogP contribution in [0.15, 0.2) is 132 Å². The molecular weight excluding hydrogens is 717 g/mol. The summed E-state index contributed by atoms with van der Waals surface area (Å²) in [6, 6.07) is 45.6. The van der Waals surface area contributed by atoms with Gasteiger partial charge in [-0.15, -0.1) is 53.6 Å². The molecule has 0 N–H and O–H groups in total. The third kappa shape index (κ3) is 7.39. The zero-order valence-electron chi connectivity index (χ0n) is 25.2. The van der Waals surface area contributed by atoms with Gasteiger partial charge in [-0.25, -0.2) is 0 Å². The van der Waals surface area contributed by atoms with Crippen LogP contribution >= 0.6 is 0 Å². The summed E-state index contributed by atoms with van der Waals surface area (Å²) in [5.41, 5.74) is 9.77. The Bertz CT molecular complexity index is 1960. The first-order valence-corrected chi connectivity index (χ1v) is 14.7. The molecule has 3 heterocycles. The molecule has 0 atom stereocenters. The van der Waals surface area contributed by atoms with Gasteiger partial charge in [-0.3, -0.25) is 0 Å². The number of hydrogen-bond acceptors (Lipinski definition) is 3. The Kier molecular flexibility index (Phi) is 9.85. The van der Waals surface area contributed by atoms with Crippen molar-refractivity contribution in [1.82, 2.24) is 9.97 Å². The first-order chi connectivity index (χ1) is 20.9. The van der Waals surface area contributed by atoms with E-state index in [4.69, 9.17) is 4.42 Å². The molecule has 0 unspecified atom stereocenters. The van der Waals surface area contributed by atoms with Crippen LogP contribution < -0.4 is 0 Å². The summed E-state index contributed by atoms with van der Waals surface area (Å²) in [7, 11) is 0. The first kappa shape index (κ1) is 31.1.